The Hall–Kier alpha value is -1.96. The van der Waals surface area contributed by atoms with Crippen LogP contribution in [0.5, 0.6) is 0 Å². The van der Waals surface area contributed by atoms with E-state index in [1.807, 2.05) is 0 Å². The lowest BCUT2D eigenvalue weighted by Gasteiger charge is -2.12. The topological polar surface area (TPSA) is 81.2 Å². The molecule has 2 heterocycles. The molecule has 0 aliphatic rings. The van der Waals surface area contributed by atoms with Crippen molar-refractivity contribution in [2.45, 2.75) is 17.4 Å². The third kappa shape index (κ3) is 3.75. The number of anilines is 1. The number of aromatic nitrogens is 2. The zero-order chi connectivity index (χ0) is 17.1. The van der Waals surface area contributed by atoms with Crippen LogP contribution in [0.3, 0.4) is 0 Å². The van der Waals surface area contributed by atoms with Gasteiger partial charge in [-0.2, -0.15) is 0 Å². The molecule has 2 aromatic heterocycles. The highest BCUT2D eigenvalue weighted by atomic mass is 35.5. The highest BCUT2D eigenvalue weighted by molar-refractivity contribution is 8.00. The number of halogens is 2. The number of carbonyl (C=O) groups excluding carboxylic acids is 1. The molecule has 0 saturated heterocycles. The second-order valence-corrected chi connectivity index (χ2v) is 6.80. The number of para-hydroxylation sites is 1. The van der Waals surface area contributed by atoms with Gasteiger partial charge in [-0.25, -0.2) is 0 Å². The Kier molecular flexibility index (Phi) is 5.13. The lowest BCUT2D eigenvalue weighted by molar-refractivity contribution is -0.115. The molecule has 3 aromatic rings. The molecular weight excluding hydrogens is 373 g/mol. The molecule has 0 spiro atoms. The van der Waals surface area contributed by atoms with Crippen LogP contribution in [-0.2, 0) is 4.79 Å². The first-order valence-corrected chi connectivity index (χ1v) is 8.47. The van der Waals surface area contributed by atoms with E-state index in [4.69, 9.17) is 32.0 Å². The van der Waals surface area contributed by atoms with Gasteiger partial charge in [0, 0.05) is 0 Å². The number of thioether (sulfide) groups is 1. The summed E-state index contributed by atoms with van der Waals surface area (Å²) in [6.07, 6.45) is 1.51. The minimum Gasteiger partial charge on any atom is -0.459 e. The van der Waals surface area contributed by atoms with Crippen LogP contribution in [0.2, 0.25) is 10.0 Å². The average molecular weight is 384 g/mol. The zero-order valence-corrected chi connectivity index (χ0v) is 14.7. The minimum atomic E-state index is -0.498. The van der Waals surface area contributed by atoms with Crippen molar-refractivity contribution in [2.24, 2.45) is 0 Å². The van der Waals surface area contributed by atoms with Gasteiger partial charge in [0.2, 0.25) is 5.91 Å². The average Bonchev–Trinajstić information content (AvgIpc) is 3.21. The molecule has 0 radical (unpaired) electrons. The zero-order valence-electron chi connectivity index (χ0n) is 12.3. The molecule has 24 heavy (non-hydrogen) atoms. The van der Waals surface area contributed by atoms with E-state index in [9.17, 15) is 4.79 Å². The van der Waals surface area contributed by atoms with Crippen LogP contribution >= 0.6 is 35.0 Å². The van der Waals surface area contributed by atoms with Gasteiger partial charge in [-0.15, -0.1) is 10.2 Å². The number of nitrogens with zero attached hydrogens (tertiary/aromatic N) is 2. The van der Waals surface area contributed by atoms with Gasteiger partial charge in [-0.05, 0) is 31.2 Å². The molecule has 0 saturated carbocycles. The van der Waals surface area contributed by atoms with E-state index >= 15 is 0 Å². The van der Waals surface area contributed by atoms with Crippen molar-refractivity contribution < 1.29 is 13.6 Å². The number of benzene rings is 1. The van der Waals surface area contributed by atoms with Gasteiger partial charge in [0.15, 0.2) is 5.76 Å². The quantitative estimate of drug-likeness (QED) is 0.639. The number of hydrogen-bond acceptors (Lipinski definition) is 6. The standard InChI is InChI=1S/C15H11Cl2N3O3S/c1-8(13(21)18-12-9(16)4-2-5-10(12)17)24-15-20-19-14(23-15)11-6-3-7-22-11/h2-8H,1H3,(H,18,21)/t8-/m0/s1. The van der Waals surface area contributed by atoms with Gasteiger partial charge in [0.1, 0.15) is 0 Å². The van der Waals surface area contributed by atoms with E-state index in [0.29, 0.717) is 21.5 Å². The summed E-state index contributed by atoms with van der Waals surface area (Å²) in [6, 6.07) is 8.42. The van der Waals surface area contributed by atoms with Crippen molar-refractivity contribution in [1.82, 2.24) is 10.2 Å². The first-order valence-electron chi connectivity index (χ1n) is 6.83. The van der Waals surface area contributed by atoms with E-state index in [1.54, 1.807) is 37.3 Å². The van der Waals surface area contributed by atoms with Crippen molar-refractivity contribution >= 4 is 46.6 Å². The summed E-state index contributed by atoms with van der Waals surface area (Å²) in [5.41, 5.74) is 0.375. The Morgan fingerprint density at radius 2 is 1.96 bits per heavy atom. The number of furan rings is 1. The molecule has 0 fully saturated rings. The Labute approximate surface area is 151 Å². The van der Waals surface area contributed by atoms with E-state index in [0.717, 1.165) is 11.8 Å². The molecular formula is C15H11Cl2N3O3S. The minimum absolute atomic E-state index is 0.254. The van der Waals surface area contributed by atoms with Crippen LogP contribution in [0, 0.1) is 0 Å². The first kappa shape index (κ1) is 16.9. The predicted octanol–water partition coefficient (Wildman–Crippen LogP) is 4.76. The van der Waals surface area contributed by atoms with Gasteiger partial charge < -0.3 is 14.2 Å². The lowest BCUT2D eigenvalue weighted by atomic mass is 10.3. The number of rotatable bonds is 5. The molecule has 0 bridgehead atoms. The van der Waals surface area contributed by atoms with Gasteiger partial charge in [0.05, 0.1) is 27.2 Å². The highest BCUT2D eigenvalue weighted by Crippen LogP contribution is 2.31. The Balaban J connectivity index is 1.66. The molecule has 1 aromatic carbocycles. The number of hydrogen-bond donors (Lipinski definition) is 1. The Morgan fingerprint density at radius 1 is 1.21 bits per heavy atom. The van der Waals surface area contributed by atoms with Gasteiger partial charge in [-0.1, -0.05) is 41.0 Å². The highest BCUT2D eigenvalue weighted by Gasteiger charge is 2.21. The molecule has 6 nitrogen and oxygen atoms in total. The maximum Gasteiger partial charge on any atom is 0.284 e. The maximum absolute atomic E-state index is 12.3. The summed E-state index contributed by atoms with van der Waals surface area (Å²) < 4.78 is 10.6. The normalized spacial score (nSPS) is 12.1. The van der Waals surface area contributed by atoms with Crippen LogP contribution in [0.4, 0.5) is 5.69 Å². The number of nitrogens with one attached hydrogen (secondary N) is 1. The molecule has 0 aliphatic heterocycles. The monoisotopic (exact) mass is 383 g/mol. The first-order chi connectivity index (χ1) is 11.5. The van der Waals surface area contributed by atoms with E-state index in [-0.39, 0.29) is 17.0 Å². The molecule has 124 valence electrons. The fourth-order valence-corrected chi connectivity index (χ4v) is 2.98. The summed E-state index contributed by atoms with van der Waals surface area (Å²) in [5, 5.41) is 11.0. The summed E-state index contributed by atoms with van der Waals surface area (Å²) in [6.45, 7) is 1.71. The SMILES string of the molecule is C[C@H](Sc1nnc(-c2ccco2)o1)C(=O)Nc1c(Cl)cccc1Cl. The Bertz CT molecular complexity index is 831. The molecule has 9 heteroatoms. The lowest BCUT2D eigenvalue weighted by Crippen LogP contribution is -2.22. The van der Waals surface area contributed by atoms with Gasteiger partial charge >= 0.3 is 0 Å². The van der Waals surface area contributed by atoms with E-state index in [2.05, 4.69) is 15.5 Å². The fourth-order valence-electron chi connectivity index (χ4n) is 1.80. The van der Waals surface area contributed by atoms with Crippen LogP contribution in [0.15, 0.2) is 50.7 Å². The van der Waals surface area contributed by atoms with Gasteiger partial charge in [0.25, 0.3) is 11.1 Å². The summed E-state index contributed by atoms with van der Waals surface area (Å²) in [4.78, 5) is 12.3. The second-order valence-electron chi connectivity index (χ2n) is 4.70. The third-order valence-electron chi connectivity index (χ3n) is 3.00. The van der Waals surface area contributed by atoms with Crippen molar-refractivity contribution in [3.05, 3.63) is 46.6 Å². The summed E-state index contributed by atoms with van der Waals surface area (Å²) >= 11 is 13.2. The second kappa shape index (κ2) is 7.29. The number of carbonyl (C=O) groups is 1. The predicted molar refractivity (Wildman–Crippen MR) is 92.4 cm³/mol. The largest absolute Gasteiger partial charge is 0.459 e. The number of amides is 1. The fraction of sp³-hybridized carbons (Fsp3) is 0.133. The van der Waals surface area contributed by atoms with Crippen molar-refractivity contribution in [2.75, 3.05) is 5.32 Å². The third-order valence-corrected chi connectivity index (χ3v) is 4.56. The summed E-state index contributed by atoms with van der Waals surface area (Å²) in [7, 11) is 0. The Morgan fingerprint density at radius 3 is 2.62 bits per heavy atom. The van der Waals surface area contributed by atoms with Crippen molar-refractivity contribution in [1.29, 1.82) is 0 Å². The molecule has 1 N–H and O–H groups in total. The molecule has 1 atom stereocenters. The van der Waals surface area contributed by atoms with Crippen LogP contribution in [0.25, 0.3) is 11.7 Å². The molecule has 1 amide bonds. The van der Waals surface area contributed by atoms with E-state index in [1.165, 1.54) is 6.26 Å². The molecule has 3 rings (SSSR count). The van der Waals surface area contributed by atoms with Crippen molar-refractivity contribution in [3.8, 4) is 11.7 Å². The van der Waals surface area contributed by atoms with Gasteiger partial charge in [-0.3, -0.25) is 4.79 Å². The van der Waals surface area contributed by atoms with Crippen LogP contribution < -0.4 is 5.32 Å². The molecule has 0 aliphatic carbocycles. The van der Waals surface area contributed by atoms with Crippen LogP contribution in [0.1, 0.15) is 6.92 Å². The smallest absolute Gasteiger partial charge is 0.284 e. The maximum atomic E-state index is 12.3. The summed E-state index contributed by atoms with van der Waals surface area (Å²) in [5.74, 6) is 0.436. The van der Waals surface area contributed by atoms with Crippen LogP contribution in [-0.4, -0.2) is 21.4 Å². The molecule has 0 unspecified atom stereocenters. The van der Waals surface area contributed by atoms with Crippen molar-refractivity contribution in [3.63, 3.8) is 0 Å². The van der Waals surface area contributed by atoms with E-state index < -0.39 is 5.25 Å².